The summed E-state index contributed by atoms with van der Waals surface area (Å²) in [6, 6.07) is 14.5. The molecule has 2 aliphatic heterocycles. The molecule has 2 aromatic carbocycles. The van der Waals surface area contributed by atoms with Gasteiger partial charge in [0.15, 0.2) is 0 Å². The molecule has 3 heterocycles. The fourth-order valence-corrected chi connectivity index (χ4v) is 4.69. The van der Waals surface area contributed by atoms with Gasteiger partial charge in [0.25, 0.3) is 0 Å². The van der Waals surface area contributed by atoms with Crippen LogP contribution in [0, 0.1) is 5.82 Å². The van der Waals surface area contributed by atoms with Crippen LogP contribution in [0.25, 0.3) is 28.1 Å². The fraction of sp³-hybridized carbons (Fsp3) is 0.333. The first kappa shape index (κ1) is 22.5. The quantitative estimate of drug-likeness (QED) is 0.595. The first-order valence-electron chi connectivity index (χ1n) is 11.7. The van der Waals surface area contributed by atoms with Gasteiger partial charge in [-0.1, -0.05) is 36.4 Å². The summed E-state index contributed by atoms with van der Waals surface area (Å²) < 4.78 is 19.2. The second-order valence-electron chi connectivity index (χ2n) is 9.02. The number of carbonyl (C=O) groups is 1. The summed E-state index contributed by atoms with van der Waals surface area (Å²) in [4.78, 5) is 21.5. The molecule has 0 unspecified atom stereocenters. The van der Waals surface area contributed by atoms with Crippen LogP contribution in [0.5, 0.6) is 0 Å². The molecule has 7 heteroatoms. The summed E-state index contributed by atoms with van der Waals surface area (Å²) in [5, 5.41) is 11.0. The molecule has 2 fully saturated rings. The van der Waals surface area contributed by atoms with E-state index in [2.05, 4.69) is 16.8 Å². The predicted octanol–water partition coefficient (Wildman–Crippen LogP) is 3.87. The summed E-state index contributed by atoms with van der Waals surface area (Å²) >= 11 is 0. The molecule has 2 saturated heterocycles. The molecule has 6 nitrogen and oxygen atoms in total. The molecule has 1 aromatic heterocycles. The van der Waals surface area contributed by atoms with Gasteiger partial charge in [0.2, 0.25) is 0 Å². The number of carbonyl (C=O) groups excluding carboxylic acids is 1. The van der Waals surface area contributed by atoms with Crippen molar-refractivity contribution in [1.82, 2.24) is 9.88 Å². The largest absolute Gasteiger partial charge is 0.458 e. The van der Waals surface area contributed by atoms with Gasteiger partial charge in [0.1, 0.15) is 17.7 Å². The van der Waals surface area contributed by atoms with Crippen LogP contribution in [0.1, 0.15) is 18.4 Å². The Hall–Kier alpha value is -3.29. The summed E-state index contributed by atoms with van der Waals surface area (Å²) in [6.07, 6.45) is 2.94. The minimum Gasteiger partial charge on any atom is -0.458 e. The number of fused-ring (bicyclic) bond motifs is 1. The highest BCUT2D eigenvalue weighted by Crippen LogP contribution is 2.38. The summed E-state index contributed by atoms with van der Waals surface area (Å²) in [5.41, 5.74) is 3.60. The molecule has 0 saturated carbocycles. The first-order chi connectivity index (χ1) is 16.5. The molecule has 0 spiro atoms. The number of aromatic nitrogens is 1. The van der Waals surface area contributed by atoms with Crippen LogP contribution in [0.2, 0.25) is 0 Å². The zero-order valence-corrected chi connectivity index (χ0v) is 19.2. The molecule has 5 rings (SSSR count). The van der Waals surface area contributed by atoms with Crippen molar-refractivity contribution < 1.29 is 19.0 Å². The van der Waals surface area contributed by atoms with E-state index in [9.17, 15) is 14.3 Å². The fourth-order valence-electron chi connectivity index (χ4n) is 4.69. The number of piperazine rings is 1. The summed E-state index contributed by atoms with van der Waals surface area (Å²) in [5.74, 6) is 0.162. The van der Waals surface area contributed by atoms with E-state index in [4.69, 9.17) is 9.72 Å². The van der Waals surface area contributed by atoms with E-state index in [-0.39, 0.29) is 12.2 Å². The topological polar surface area (TPSA) is 65.9 Å². The number of rotatable bonds is 4. The van der Waals surface area contributed by atoms with Gasteiger partial charge in [-0.2, -0.15) is 0 Å². The van der Waals surface area contributed by atoms with Gasteiger partial charge in [-0.3, -0.25) is 4.79 Å². The Labute approximate surface area is 198 Å². The SMILES string of the molecule is CN1CCN(c2nc3ccccc3c(-c3ccc(F)cc3)c2C=C[C@H]2C[C@H](O)CC(=O)O2)CC1. The van der Waals surface area contributed by atoms with Crippen LogP contribution in [0.15, 0.2) is 54.6 Å². The van der Waals surface area contributed by atoms with E-state index >= 15 is 0 Å². The summed E-state index contributed by atoms with van der Waals surface area (Å²) in [6.45, 7) is 3.53. The maximum atomic E-state index is 13.8. The second-order valence-corrected chi connectivity index (χ2v) is 9.02. The van der Waals surface area contributed by atoms with Crippen LogP contribution in [-0.4, -0.2) is 66.4 Å². The first-order valence-corrected chi connectivity index (χ1v) is 11.7. The normalized spacial score (nSPS) is 21.9. The molecule has 0 aliphatic carbocycles. The number of nitrogens with zero attached hydrogens (tertiary/aromatic N) is 3. The van der Waals surface area contributed by atoms with Crippen LogP contribution >= 0.6 is 0 Å². The Morgan fingerprint density at radius 2 is 1.82 bits per heavy atom. The number of hydrogen-bond acceptors (Lipinski definition) is 6. The lowest BCUT2D eigenvalue weighted by molar-refractivity contribution is -0.156. The number of cyclic esters (lactones) is 1. The van der Waals surface area contributed by atoms with Crippen LogP contribution < -0.4 is 4.90 Å². The van der Waals surface area contributed by atoms with E-state index in [1.165, 1.54) is 12.1 Å². The molecule has 0 bridgehead atoms. The van der Waals surface area contributed by atoms with Crippen molar-refractivity contribution >= 4 is 28.8 Å². The number of pyridine rings is 1. The lowest BCUT2D eigenvalue weighted by atomic mass is 9.94. The average molecular weight is 462 g/mol. The molecule has 2 atom stereocenters. The smallest absolute Gasteiger partial charge is 0.309 e. The van der Waals surface area contributed by atoms with Gasteiger partial charge in [0.05, 0.1) is 18.0 Å². The number of para-hydroxylation sites is 1. The van der Waals surface area contributed by atoms with E-state index in [0.717, 1.165) is 59.6 Å². The maximum Gasteiger partial charge on any atom is 0.309 e. The standard InChI is InChI=1S/C27H28FN3O3/c1-30-12-14-31(15-13-30)27-23(11-10-21-16-20(32)17-25(33)34-21)26(18-6-8-19(28)9-7-18)22-4-2-3-5-24(22)29-27/h2-11,20-21,32H,12-17H2,1H3/t20-,21-/m0/s1. The Morgan fingerprint density at radius 1 is 1.09 bits per heavy atom. The molecule has 176 valence electrons. The van der Waals surface area contributed by atoms with Gasteiger partial charge in [0, 0.05) is 49.1 Å². The minimum absolute atomic E-state index is 0.0231. The number of esters is 1. The van der Waals surface area contributed by atoms with Crippen LogP contribution in [-0.2, 0) is 9.53 Å². The Bertz CT molecular complexity index is 1220. The lowest BCUT2D eigenvalue weighted by Gasteiger charge is -2.35. The third kappa shape index (κ3) is 4.67. The number of benzene rings is 2. The molecule has 0 amide bonds. The average Bonchev–Trinajstić information content (AvgIpc) is 2.82. The molecular weight excluding hydrogens is 433 g/mol. The third-order valence-electron chi connectivity index (χ3n) is 6.51. The number of ether oxygens (including phenoxy) is 1. The number of anilines is 1. The highest BCUT2D eigenvalue weighted by molar-refractivity contribution is 6.01. The monoisotopic (exact) mass is 461 g/mol. The number of aliphatic hydroxyl groups is 1. The number of hydrogen-bond donors (Lipinski definition) is 1. The van der Waals surface area contributed by atoms with Gasteiger partial charge in [-0.25, -0.2) is 9.37 Å². The van der Waals surface area contributed by atoms with Crippen molar-refractivity contribution in [3.63, 3.8) is 0 Å². The van der Waals surface area contributed by atoms with Gasteiger partial charge < -0.3 is 19.6 Å². The molecule has 0 radical (unpaired) electrons. The van der Waals surface area contributed by atoms with Crippen molar-refractivity contribution in [2.75, 3.05) is 38.1 Å². The van der Waals surface area contributed by atoms with Crippen LogP contribution in [0.3, 0.4) is 0 Å². The minimum atomic E-state index is -0.709. The van der Waals surface area contributed by atoms with Crippen molar-refractivity contribution in [1.29, 1.82) is 0 Å². The lowest BCUT2D eigenvalue weighted by Crippen LogP contribution is -2.45. The molecule has 2 aliphatic rings. The van der Waals surface area contributed by atoms with E-state index in [1.54, 1.807) is 12.1 Å². The van der Waals surface area contributed by atoms with E-state index < -0.39 is 18.2 Å². The van der Waals surface area contributed by atoms with E-state index in [0.29, 0.717) is 6.42 Å². The highest BCUT2D eigenvalue weighted by Gasteiger charge is 2.26. The van der Waals surface area contributed by atoms with Gasteiger partial charge in [-0.15, -0.1) is 0 Å². The zero-order valence-electron chi connectivity index (χ0n) is 19.2. The van der Waals surface area contributed by atoms with Gasteiger partial charge in [-0.05, 0) is 36.9 Å². The predicted molar refractivity (Wildman–Crippen MR) is 131 cm³/mol. The zero-order chi connectivity index (χ0) is 23.7. The molecule has 34 heavy (non-hydrogen) atoms. The van der Waals surface area contributed by atoms with Crippen molar-refractivity contribution in [2.45, 2.75) is 25.0 Å². The van der Waals surface area contributed by atoms with Crippen molar-refractivity contribution in [3.8, 4) is 11.1 Å². The molecule has 3 aromatic rings. The van der Waals surface area contributed by atoms with Crippen molar-refractivity contribution in [3.05, 3.63) is 66.0 Å². The van der Waals surface area contributed by atoms with Gasteiger partial charge >= 0.3 is 5.97 Å². The Kier molecular flexibility index (Phi) is 6.30. The maximum absolute atomic E-state index is 13.8. The second kappa shape index (κ2) is 9.52. The number of aliphatic hydroxyl groups excluding tert-OH is 1. The molecular formula is C27H28FN3O3. The Morgan fingerprint density at radius 3 is 2.56 bits per heavy atom. The highest BCUT2D eigenvalue weighted by atomic mass is 19.1. The molecule has 1 N–H and O–H groups in total. The van der Waals surface area contributed by atoms with Crippen LogP contribution in [0.4, 0.5) is 10.2 Å². The summed E-state index contributed by atoms with van der Waals surface area (Å²) in [7, 11) is 2.11. The van der Waals surface area contributed by atoms with Crippen molar-refractivity contribution in [2.24, 2.45) is 0 Å². The Balaban J connectivity index is 1.68. The van der Waals surface area contributed by atoms with E-state index in [1.807, 2.05) is 36.4 Å². The number of halogens is 1. The third-order valence-corrected chi connectivity index (χ3v) is 6.51. The number of likely N-dealkylation sites (N-methyl/N-ethyl adjacent to an activating group) is 1.